The Kier molecular flexibility index (Phi) is 5.91. The molecule has 1 amide bonds. The number of methoxy groups -OCH3 is 2. The highest BCUT2D eigenvalue weighted by Crippen LogP contribution is 2.27. The number of pyridine rings is 1. The predicted molar refractivity (Wildman–Crippen MR) is 98.0 cm³/mol. The summed E-state index contributed by atoms with van der Waals surface area (Å²) in [5.41, 5.74) is 2.31. The van der Waals surface area contributed by atoms with Crippen LogP contribution in [-0.2, 0) is 11.3 Å². The van der Waals surface area contributed by atoms with Crippen LogP contribution in [0.2, 0.25) is 0 Å². The predicted octanol–water partition coefficient (Wildman–Crippen LogP) is 1.87. The molecule has 0 radical (unpaired) electrons. The average Bonchev–Trinajstić information content (AvgIpc) is 2.72. The Bertz CT molecular complexity index is 743. The van der Waals surface area contributed by atoms with Gasteiger partial charge in [0, 0.05) is 19.6 Å². The molecule has 1 N–H and O–H groups in total. The van der Waals surface area contributed by atoms with E-state index in [9.17, 15) is 4.79 Å². The zero-order chi connectivity index (χ0) is 18.4. The van der Waals surface area contributed by atoms with Gasteiger partial charge in [-0.15, -0.1) is 0 Å². The summed E-state index contributed by atoms with van der Waals surface area (Å²) in [6.07, 6.45) is 1.73. The number of hydrogen-bond acceptors (Lipinski definition) is 6. The third kappa shape index (κ3) is 4.23. The summed E-state index contributed by atoms with van der Waals surface area (Å²) in [6, 6.07) is 9.21. The number of benzene rings is 1. The number of morpholine rings is 1. The highest BCUT2D eigenvalue weighted by molar-refractivity contribution is 5.92. The molecule has 7 nitrogen and oxygen atoms in total. The van der Waals surface area contributed by atoms with E-state index < -0.39 is 0 Å². The van der Waals surface area contributed by atoms with E-state index in [2.05, 4.69) is 15.2 Å². The minimum Gasteiger partial charge on any atom is -0.493 e. The van der Waals surface area contributed by atoms with E-state index >= 15 is 0 Å². The second kappa shape index (κ2) is 8.53. The molecule has 0 saturated carbocycles. The third-order valence-corrected chi connectivity index (χ3v) is 4.26. The summed E-state index contributed by atoms with van der Waals surface area (Å²) in [4.78, 5) is 18.8. The zero-order valence-corrected chi connectivity index (χ0v) is 15.0. The molecule has 1 aromatic carbocycles. The molecule has 2 aromatic rings. The van der Waals surface area contributed by atoms with Crippen molar-refractivity contribution in [1.82, 2.24) is 10.3 Å². The van der Waals surface area contributed by atoms with Crippen molar-refractivity contribution >= 4 is 11.6 Å². The van der Waals surface area contributed by atoms with Crippen molar-refractivity contribution in [2.75, 3.05) is 45.4 Å². The molecule has 1 fully saturated rings. The molecule has 1 saturated heterocycles. The number of hydrogen-bond donors (Lipinski definition) is 1. The molecule has 1 aromatic heterocycles. The molecule has 1 aliphatic rings. The standard InChI is InChI=1S/C19H23N3O4/c1-24-17-6-3-14(11-18(17)25-2)12-21-19(23)16-5-4-15(13-20-16)22-7-9-26-10-8-22/h3-6,11,13H,7-10,12H2,1-2H3,(H,21,23). The van der Waals surface area contributed by atoms with Gasteiger partial charge in [0.05, 0.1) is 39.3 Å². The fraction of sp³-hybridized carbons (Fsp3) is 0.368. The number of anilines is 1. The number of nitrogens with zero attached hydrogens (tertiary/aromatic N) is 2. The first-order valence-electron chi connectivity index (χ1n) is 8.49. The first kappa shape index (κ1) is 18.0. The highest BCUT2D eigenvalue weighted by Gasteiger charge is 2.13. The summed E-state index contributed by atoms with van der Waals surface area (Å²) < 4.78 is 15.8. The second-order valence-electron chi connectivity index (χ2n) is 5.87. The van der Waals surface area contributed by atoms with Gasteiger partial charge in [-0.3, -0.25) is 4.79 Å². The first-order valence-corrected chi connectivity index (χ1v) is 8.49. The Morgan fingerprint density at radius 2 is 1.92 bits per heavy atom. The zero-order valence-electron chi connectivity index (χ0n) is 15.0. The van der Waals surface area contributed by atoms with E-state index in [-0.39, 0.29) is 5.91 Å². The van der Waals surface area contributed by atoms with Crippen LogP contribution in [0, 0.1) is 0 Å². The number of carbonyl (C=O) groups excluding carboxylic acids is 1. The lowest BCUT2D eigenvalue weighted by Crippen LogP contribution is -2.36. The molecule has 0 unspecified atom stereocenters. The van der Waals surface area contributed by atoms with Crippen LogP contribution >= 0.6 is 0 Å². The van der Waals surface area contributed by atoms with E-state index in [0.29, 0.717) is 37.0 Å². The number of carbonyl (C=O) groups is 1. The normalized spacial score (nSPS) is 14.0. The lowest BCUT2D eigenvalue weighted by atomic mass is 10.2. The molecule has 7 heteroatoms. The summed E-state index contributed by atoms with van der Waals surface area (Å²) in [6.45, 7) is 3.49. The summed E-state index contributed by atoms with van der Waals surface area (Å²) in [7, 11) is 3.17. The first-order chi connectivity index (χ1) is 12.7. The van der Waals surface area contributed by atoms with Gasteiger partial charge in [0.15, 0.2) is 11.5 Å². The third-order valence-electron chi connectivity index (χ3n) is 4.26. The van der Waals surface area contributed by atoms with Gasteiger partial charge in [0.25, 0.3) is 5.91 Å². The quantitative estimate of drug-likeness (QED) is 0.851. The molecular formula is C19H23N3O4. The maximum Gasteiger partial charge on any atom is 0.270 e. The maximum atomic E-state index is 12.3. The molecule has 3 rings (SSSR count). The van der Waals surface area contributed by atoms with Gasteiger partial charge in [-0.05, 0) is 29.8 Å². The lowest BCUT2D eigenvalue weighted by molar-refractivity contribution is 0.0945. The Morgan fingerprint density at radius 3 is 2.58 bits per heavy atom. The molecule has 0 bridgehead atoms. The van der Waals surface area contributed by atoms with Gasteiger partial charge >= 0.3 is 0 Å². The molecule has 0 atom stereocenters. The number of aromatic nitrogens is 1. The van der Waals surface area contributed by atoms with Crippen LogP contribution in [0.1, 0.15) is 16.1 Å². The van der Waals surface area contributed by atoms with Gasteiger partial charge in [0.1, 0.15) is 5.69 Å². The van der Waals surface area contributed by atoms with Crippen molar-refractivity contribution in [3.8, 4) is 11.5 Å². The van der Waals surface area contributed by atoms with E-state index in [4.69, 9.17) is 14.2 Å². The summed E-state index contributed by atoms with van der Waals surface area (Å²) in [5.74, 6) is 1.07. The van der Waals surface area contributed by atoms with E-state index in [1.807, 2.05) is 24.3 Å². The number of nitrogens with one attached hydrogen (secondary N) is 1. The van der Waals surface area contributed by atoms with Gasteiger partial charge in [-0.2, -0.15) is 0 Å². The highest BCUT2D eigenvalue weighted by atomic mass is 16.5. The molecule has 1 aliphatic heterocycles. The maximum absolute atomic E-state index is 12.3. The minimum absolute atomic E-state index is 0.215. The van der Waals surface area contributed by atoms with Gasteiger partial charge in [0.2, 0.25) is 0 Å². The Morgan fingerprint density at radius 1 is 1.15 bits per heavy atom. The minimum atomic E-state index is -0.215. The van der Waals surface area contributed by atoms with Crippen molar-refractivity contribution in [2.24, 2.45) is 0 Å². The van der Waals surface area contributed by atoms with Crippen LogP contribution in [0.25, 0.3) is 0 Å². The smallest absolute Gasteiger partial charge is 0.270 e. The van der Waals surface area contributed by atoms with Crippen molar-refractivity contribution in [1.29, 1.82) is 0 Å². The topological polar surface area (TPSA) is 72.9 Å². The SMILES string of the molecule is COc1ccc(CNC(=O)c2ccc(N3CCOCC3)cn2)cc1OC. The number of ether oxygens (including phenoxy) is 3. The van der Waals surface area contributed by atoms with Crippen LogP contribution in [-0.4, -0.2) is 51.4 Å². The van der Waals surface area contributed by atoms with Crippen LogP contribution in [0.3, 0.4) is 0 Å². The van der Waals surface area contributed by atoms with Crippen LogP contribution in [0.15, 0.2) is 36.5 Å². The average molecular weight is 357 g/mol. The Balaban J connectivity index is 1.59. The van der Waals surface area contributed by atoms with E-state index in [0.717, 1.165) is 24.3 Å². The van der Waals surface area contributed by atoms with Crippen LogP contribution in [0.4, 0.5) is 5.69 Å². The second-order valence-corrected chi connectivity index (χ2v) is 5.87. The molecular weight excluding hydrogens is 334 g/mol. The van der Waals surface area contributed by atoms with Crippen molar-refractivity contribution < 1.29 is 19.0 Å². The summed E-state index contributed by atoms with van der Waals surface area (Å²) in [5, 5.41) is 2.87. The Hall–Kier alpha value is -2.80. The van der Waals surface area contributed by atoms with Crippen molar-refractivity contribution in [2.45, 2.75) is 6.54 Å². The summed E-state index contributed by atoms with van der Waals surface area (Å²) >= 11 is 0. The van der Waals surface area contributed by atoms with E-state index in [1.54, 1.807) is 26.5 Å². The van der Waals surface area contributed by atoms with Crippen LogP contribution < -0.4 is 19.7 Å². The van der Waals surface area contributed by atoms with Crippen LogP contribution in [0.5, 0.6) is 11.5 Å². The molecule has 0 aliphatic carbocycles. The monoisotopic (exact) mass is 357 g/mol. The van der Waals surface area contributed by atoms with Gasteiger partial charge < -0.3 is 24.4 Å². The van der Waals surface area contributed by atoms with Crippen molar-refractivity contribution in [3.63, 3.8) is 0 Å². The molecule has 0 spiro atoms. The molecule has 138 valence electrons. The van der Waals surface area contributed by atoms with Gasteiger partial charge in [-0.1, -0.05) is 6.07 Å². The number of amides is 1. The van der Waals surface area contributed by atoms with E-state index in [1.165, 1.54) is 0 Å². The Labute approximate surface area is 152 Å². The number of rotatable bonds is 6. The molecule has 26 heavy (non-hydrogen) atoms. The largest absolute Gasteiger partial charge is 0.493 e. The fourth-order valence-corrected chi connectivity index (χ4v) is 2.79. The van der Waals surface area contributed by atoms with Gasteiger partial charge in [-0.25, -0.2) is 4.98 Å². The molecule has 2 heterocycles. The lowest BCUT2D eigenvalue weighted by Gasteiger charge is -2.28. The van der Waals surface area contributed by atoms with Crippen molar-refractivity contribution in [3.05, 3.63) is 47.8 Å². The fourth-order valence-electron chi connectivity index (χ4n) is 2.79.